The summed E-state index contributed by atoms with van der Waals surface area (Å²) in [5, 5.41) is 27.4. The van der Waals surface area contributed by atoms with E-state index in [1.165, 1.54) is 11.8 Å². The predicted octanol–water partition coefficient (Wildman–Crippen LogP) is 3.14. The normalized spacial score (nSPS) is 10.7. The Morgan fingerprint density at radius 2 is 1.57 bits per heavy atom. The fraction of sp³-hybridized carbons (Fsp3) is 0.222. The highest BCUT2D eigenvalue weighted by Gasteiger charge is 2.08. The molecule has 12 heteroatoms. The van der Waals surface area contributed by atoms with Gasteiger partial charge < -0.3 is 26.2 Å². The Morgan fingerprint density at radius 3 is 2.20 bits per heavy atom. The van der Waals surface area contributed by atoms with Crippen LogP contribution < -0.4 is 16.0 Å². The van der Waals surface area contributed by atoms with Gasteiger partial charge in [0.25, 0.3) is 0 Å². The third kappa shape index (κ3) is 6.23. The van der Waals surface area contributed by atoms with Crippen LogP contribution in [0.25, 0.3) is 0 Å². The molecule has 5 N–H and O–H groups in total. The van der Waals surface area contributed by atoms with E-state index in [2.05, 4.69) is 51.8 Å². The molecule has 0 amide bonds. The molecule has 9 nitrogen and oxygen atoms in total. The average molecular weight is 496 g/mol. The lowest BCUT2D eigenvalue weighted by Crippen LogP contribution is -2.10. The topological polar surface area (TPSA) is 128 Å². The molecule has 0 aliphatic heterocycles. The third-order valence-corrected chi connectivity index (χ3v) is 5.40. The van der Waals surface area contributed by atoms with E-state index in [1.54, 1.807) is 18.3 Å². The number of benzene rings is 1. The van der Waals surface area contributed by atoms with Crippen LogP contribution in [0.2, 0.25) is 0 Å². The Morgan fingerprint density at radius 1 is 0.933 bits per heavy atom. The number of hydrogen-bond acceptors (Lipinski definition) is 10. The fourth-order valence-electron chi connectivity index (χ4n) is 2.28. The number of hydrogen-bond donors (Lipinski definition) is 5. The zero-order valence-corrected chi connectivity index (χ0v) is 18.0. The second-order valence-corrected chi connectivity index (χ2v) is 7.72. The molecule has 0 radical (unpaired) electrons. The van der Waals surface area contributed by atoms with E-state index in [-0.39, 0.29) is 31.5 Å². The smallest absolute Gasteiger partial charge is 0.229 e. The summed E-state index contributed by atoms with van der Waals surface area (Å²) in [6.45, 7) is 0.117. The second-order valence-electron chi connectivity index (χ2n) is 5.79. The minimum atomic E-state index is -0.598. The van der Waals surface area contributed by atoms with Gasteiger partial charge in [-0.2, -0.15) is 4.98 Å². The quantitative estimate of drug-likeness (QED) is 0.211. The van der Waals surface area contributed by atoms with Crippen LogP contribution in [0.15, 0.2) is 46.2 Å². The van der Waals surface area contributed by atoms with Gasteiger partial charge in [-0.15, -0.1) is 11.8 Å². The first-order chi connectivity index (χ1) is 14.6. The van der Waals surface area contributed by atoms with Crippen LogP contribution in [0, 0.1) is 5.82 Å². The van der Waals surface area contributed by atoms with Crippen molar-refractivity contribution in [2.75, 3.05) is 41.5 Å². The summed E-state index contributed by atoms with van der Waals surface area (Å²) >= 11 is 4.82. The van der Waals surface area contributed by atoms with Gasteiger partial charge in [0.1, 0.15) is 5.03 Å². The maximum atomic E-state index is 13.7. The van der Waals surface area contributed by atoms with E-state index in [0.717, 1.165) is 21.4 Å². The van der Waals surface area contributed by atoms with Crippen molar-refractivity contribution in [3.8, 4) is 0 Å². The van der Waals surface area contributed by atoms with E-state index in [9.17, 15) is 4.39 Å². The van der Waals surface area contributed by atoms with Crippen molar-refractivity contribution in [2.24, 2.45) is 0 Å². The van der Waals surface area contributed by atoms with Crippen LogP contribution in [0.5, 0.6) is 0 Å². The number of aliphatic hydroxyl groups excluding tert-OH is 2. The van der Waals surface area contributed by atoms with Gasteiger partial charge in [-0.3, -0.25) is 0 Å². The van der Waals surface area contributed by atoms with Crippen LogP contribution in [-0.2, 0) is 0 Å². The molecule has 2 heterocycles. The van der Waals surface area contributed by atoms with Gasteiger partial charge in [0, 0.05) is 29.9 Å². The molecule has 158 valence electrons. The fourth-order valence-corrected chi connectivity index (χ4v) is 3.44. The molecule has 30 heavy (non-hydrogen) atoms. The van der Waals surface area contributed by atoms with Crippen LogP contribution in [0.3, 0.4) is 0 Å². The molecule has 0 aliphatic carbocycles. The van der Waals surface area contributed by atoms with Crippen molar-refractivity contribution >= 4 is 56.8 Å². The molecule has 0 aliphatic rings. The summed E-state index contributed by atoms with van der Waals surface area (Å²) < 4.78 is 14.4. The molecule has 0 bridgehead atoms. The van der Waals surface area contributed by atoms with Crippen molar-refractivity contribution in [3.05, 3.63) is 46.9 Å². The minimum Gasteiger partial charge on any atom is -0.396 e. The number of nitrogens with one attached hydrogen (secondary N) is 3. The van der Waals surface area contributed by atoms with Gasteiger partial charge in [0.05, 0.1) is 23.9 Å². The highest BCUT2D eigenvalue weighted by Crippen LogP contribution is 2.27. The molecule has 0 saturated heterocycles. The Labute approximate surface area is 184 Å². The molecule has 0 unspecified atom stereocenters. The first kappa shape index (κ1) is 22.2. The van der Waals surface area contributed by atoms with Crippen molar-refractivity contribution < 1.29 is 14.6 Å². The van der Waals surface area contributed by atoms with Crippen molar-refractivity contribution in [3.63, 3.8) is 0 Å². The summed E-state index contributed by atoms with van der Waals surface area (Å²) in [6, 6.07) is 7.25. The van der Waals surface area contributed by atoms with Crippen LogP contribution in [0.1, 0.15) is 0 Å². The van der Waals surface area contributed by atoms with E-state index in [4.69, 9.17) is 10.2 Å². The number of halogens is 2. The monoisotopic (exact) mass is 495 g/mol. The van der Waals surface area contributed by atoms with E-state index in [1.807, 2.05) is 12.1 Å². The lowest BCUT2D eigenvalue weighted by atomic mass is 10.3. The largest absolute Gasteiger partial charge is 0.396 e. The summed E-state index contributed by atoms with van der Waals surface area (Å²) in [5.74, 6) is 0.611. The number of rotatable bonds is 10. The maximum absolute atomic E-state index is 13.7. The first-order valence-corrected chi connectivity index (χ1v) is 10.6. The Kier molecular flexibility index (Phi) is 8.13. The van der Waals surface area contributed by atoms with Crippen LogP contribution >= 0.6 is 27.7 Å². The average Bonchev–Trinajstić information content (AvgIpc) is 2.76. The summed E-state index contributed by atoms with van der Waals surface area (Å²) in [4.78, 5) is 16.6. The minimum absolute atomic E-state index is 0.0158. The van der Waals surface area contributed by atoms with Gasteiger partial charge in [0.15, 0.2) is 11.6 Å². The van der Waals surface area contributed by atoms with Crippen LogP contribution in [-0.4, -0.2) is 55.7 Å². The highest BCUT2D eigenvalue weighted by atomic mass is 79.9. The summed E-state index contributed by atoms with van der Waals surface area (Å²) in [7, 11) is 0. The zero-order chi connectivity index (χ0) is 21.3. The Bertz CT molecular complexity index is 903. The van der Waals surface area contributed by atoms with Gasteiger partial charge in [-0.1, -0.05) is 0 Å². The summed E-state index contributed by atoms with van der Waals surface area (Å²) in [5.41, 5.74) is 1.47. The zero-order valence-electron chi connectivity index (χ0n) is 15.6. The number of nitrogens with zero attached hydrogens (tertiary/aromatic N) is 4. The molecular weight excluding hydrogens is 477 g/mol. The second kappa shape index (κ2) is 11.0. The van der Waals surface area contributed by atoms with Gasteiger partial charge in [-0.05, 0) is 40.2 Å². The predicted molar refractivity (Wildman–Crippen MR) is 118 cm³/mol. The van der Waals surface area contributed by atoms with Gasteiger partial charge >= 0.3 is 0 Å². The van der Waals surface area contributed by atoms with Crippen molar-refractivity contribution in [2.45, 2.75) is 5.03 Å². The third-order valence-electron chi connectivity index (χ3n) is 3.59. The maximum Gasteiger partial charge on any atom is 0.229 e. The first-order valence-electron chi connectivity index (χ1n) is 8.86. The number of thioether (sulfide) groups is 1. The van der Waals surface area contributed by atoms with Crippen LogP contribution in [0.4, 0.5) is 33.5 Å². The number of aliphatic hydroxyl groups is 2. The summed E-state index contributed by atoms with van der Waals surface area (Å²) in [6.07, 6.45) is 2.71. The Hall–Kier alpha value is -2.54. The SMILES string of the molecule is OCCNc1nc(Nc2ccc(Nc3ncc(Br)c(SCCO)n3)cc2)ncc1F. The number of anilines is 5. The Balaban J connectivity index is 1.66. The van der Waals surface area contributed by atoms with Crippen molar-refractivity contribution in [1.82, 2.24) is 19.9 Å². The molecule has 0 spiro atoms. The van der Waals surface area contributed by atoms with E-state index >= 15 is 0 Å². The van der Waals surface area contributed by atoms with E-state index in [0.29, 0.717) is 17.4 Å². The van der Waals surface area contributed by atoms with E-state index < -0.39 is 5.82 Å². The molecule has 0 atom stereocenters. The lowest BCUT2D eigenvalue weighted by Gasteiger charge is -2.10. The number of aromatic nitrogens is 4. The molecule has 0 fully saturated rings. The molecule has 1 aromatic carbocycles. The molecule has 3 rings (SSSR count). The molecule has 3 aromatic rings. The van der Waals surface area contributed by atoms with Crippen molar-refractivity contribution in [1.29, 1.82) is 0 Å². The standard InChI is InChI=1S/C18H19BrFN7O2S/c19-13-9-22-18(27-16(13)30-8-7-29)25-12-3-1-11(2-4-12)24-17-23-10-14(20)15(26-17)21-5-6-28/h1-4,9-10,28-29H,5-8H2,(H,22,25,27)(H2,21,23,24,26). The molecular formula is C18H19BrFN7O2S. The molecule has 0 saturated carbocycles. The van der Waals surface area contributed by atoms with Gasteiger partial charge in [-0.25, -0.2) is 19.3 Å². The molecule has 2 aromatic heterocycles. The van der Waals surface area contributed by atoms with Gasteiger partial charge in [0.2, 0.25) is 11.9 Å². The lowest BCUT2D eigenvalue weighted by molar-refractivity contribution is 0.310. The highest BCUT2D eigenvalue weighted by molar-refractivity contribution is 9.10.